The van der Waals surface area contributed by atoms with E-state index < -0.39 is 10.0 Å². The first kappa shape index (κ1) is 12.9. The average molecular weight is 270 g/mol. The van der Waals surface area contributed by atoms with Crippen LogP contribution in [0.5, 0.6) is 0 Å². The molecule has 6 nitrogen and oxygen atoms in total. The predicted molar refractivity (Wildman–Crippen MR) is 64.0 cm³/mol. The van der Waals surface area contributed by atoms with Crippen molar-refractivity contribution >= 4 is 10.0 Å². The van der Waals surface area contributed by atoms with Crippen LogP contribution < -0.4 is 5.73 Å². The van der Waals surface area contributed by atoms with Crippen LogP contribution in [0.15, 0.2) is 44.7 Å². The lowest BCUT2D eigenvalue weighted by Gasteiger charge is -2.14. The van der Waals surface area contributed by atoms with Gasteiger partial charge in [0.25, 0.3) is 10.0 Å². The summed E-state index contributed by atoms with van der Waals surface area (Å²) in [6.45, 7) is 0.387. The van der Waals surface area contributed by atoms with Crippen LogP contribution in [0.25, 0.3) is 0 Å². The Hall–Kier alpha value is -1.57. The minimum absolute atomic E-state index is 0.103. The van der Waals surface area contributed by atoms with E-state index in [1.54, 1.807) is 12.1 Å². The molecule has 0 bridgehead atoms. The number of sulfonamides is 1. The molecule has 0 aliphatic carbocycles. The van der Waals surface area contributed by atoms with E-state index in [0.717, 1.165) is 5.56 Å². The average Bonchev–Trinajstić information content (AvgIpc) is 2.99. The van der Waals surface area contributed by atoms with E-state index in [-0.39, 0.29) is 18.2 Å². The highest BCUT2D eigenvalue weighted by molar-refractivity contribution is 7.88. The summed E-state index contributed by atoms with van der Waals surface area (Å²) in [7, 11) is -2.16. The third kappa shape index (κ3) is 2.47. The van der Waals surface area contributed by atoms with Crippen LogP contribution >= 0.6 is 0 Å². The fourth-order valence-electron chi connectivity index (χ4n) is 1.48. The van der Waals surface area contributed by atoms with Gasteiger partial charge < -0.3 is 14.6 Å². The van der Waals surface area contributed by atoms with Gasteiger partial charge in [0.1, 0.15) is 5.76 Å². The van der Waals surface area contributed by atoms with Crippen molar-refractivity contribution in [2.24, 2.45) is 5.73 Å². The summed E-state index contributed by atoms with van der Waals surface area (Å²) < 4.78 is 35.5. The molecule has 0 amide bonds. The van der Waals surface area contributed by atoms with Crippen molar-refractivity contribution in [3.05, 3.63) is 42.0 Å². The van der Waals surface area contributed by atoms with Crippen molar-refractivity contribution < 1.29 is 17.3 Å². The second kappa shape index (κ2) is 4.97. The van der Waals surface area contributed by atoms with Crippen molar-refractivity contribution in [2.45, 2.75) is 18.2 Å². The first-order chi connectivity index (χ1) is 8.54. The first-order valence-corrected chi connectivity index (χ1v) is 6.74. The molecule has 0 spiro atoms. The van der Waals surface area contributed by atoms with Gasteiger partial charge in [-0.15, -0.1) is 0 Å². The zero-order valence-electron chi connectivity index (χ0n) is 9.87. The zero-order chi connectivity index (χ0) is 13.2. The maximum absolute atomic E-state index is 12.1. The summed E-state index contributed by atoms with van der Waals surface area (Å²) in [6, 6.07) is 4.67. The lowest BCUT2D eigenvalue weighted by atomic mass is 10.3. The highest BCUT2D eigenvalue weighted by Gasteiger charge is 2.24. The molecule has 2 rings (SSSR count). The summed E-state index contributed by atoms with van der Waals surface area (Å²) in [5, 5.41) is -0.103. The Morgan fingerprint density at radius 1 is 1.33 bits per heavy atom. The fraction of sp³-hybridized carbons (Fsp3) is 0.273. The summed E-state index contributed by atoms with van der Waals surface area (Å²) in [6.07, 6.45) is 2.99. The van der Waals surface area contributed by atoms with E-state index in [1.165, 1.54) is 29.9 Å². The van der Waals surface area contributed by atoms with Gasteiger partial charge in [-0.2, -0.15) is 4.31 Å². The second-order valence-corrected chi connectivity index (χ2v) is 5.79. The van der Waals surface area contributed by atoms with Gasteiger partial charge in [-0.05, 0) is 18.2 Å². The van der Waals surface area contributed by atoms with Crippen molar-refractivity contribution in [3.63, 3.8) is 0 Å². The van der Waals surface area contributed by atoms with Crippen LogP contribution in [0, 0.1) is 0 Å². The fourth-order valence-corrected chi connectivity index (χ4v) is 2.56. The van der Waals surface area contributed by atoms with Gasteiger partial charge in [0.15, 0.2) is 0 Å². The molecule has 0 aliphatic rings. The van der Waals surface area contributed by atoms with Gasteiger partial charge in [0.05, 0.1) is 19.1 Å². The maximum atomic E-state index is 12.1. The standard InChI is InChI=1S/C11H14N2O4S/c1-13(7-9-4-5-16-8-9)18(14,15)11-3-2-10(6-12)17-11/h2-5,8H,6-7,12H2,1H3. The third-order valence-corrected chi connectivity index (χ3v) is 4.17. The van der Waals surface area contributed by atoms with Crippen LogP contribution in [-0.2, 0) is 23.1 Å². The smallest absolute Gasteiger partial charge is 0.276 e. The molecule has 7 heteroatoms. The largest absolute Gasteiger partial charge is 0.472 e. The molecule has 98 valence electrons. The summed E-state index contributed by atoms with van der Waals surface area (Å²) in [5.74, 6) is 0.435. The SMILES string of the molecule is CN(Cc1ccoc1)S(=O)(=O)c1ccc(CN)o1. The number of nitrogens with zero attached hydrogens (tertiary/aromatic N) is 1. The van der Waals surface area contributed by atoms with Gasteiger partial charge >= 0.3 is 0 Å². The molecule has 2 aromatic heterocycles. The highest BCUT2D eigenvalue weighted by Crippen LogP contribution is 2.19. The first-order valence-electron chi connectivity index (χ1n) is 5.30. The topological polar surface area (TPSA) is 89.7 Å². The minimum atomic E-state index is -3.63. The summed E-state index contributed by atoms with van der Waals surface area (Å²) in [5.41, 5.74) is 6.15. The Bertz CT molecular complexity index is 601. The molecule has 0 saturated heterocycles. The van der Waals surface area contributed by atoms with Gasteiger partial charge in [0.2, 0.25) is 5.09 Å². The van der Waals surface area contributed by atoms with E-state index in [0.29, 0.717) is 5.76 Å². The van der Waals surface area contributed by atoms with Crippen LogP contribution in [0.1, 0.15) is 11.3 Å². The predicted octanol–water partition coefficient (Wildman–Crippen LogP) is 1.15. The van der Waals surface area contributed by atoms with Crippen molar-refractivity contribution in [2.75, 3.05) is 7.05 Å². The quantitative estimate of drug-likeness (QED) is 0.880. The van der Waals surface area contributed by atoms with Crippen LogP contribution in [0.2, 0.25) is 0 Å². The van der Waals surface area contributed by atoms with Crippen LogP contribution in [0.3, 0.4) is 0 Å². The van der Waals surface area contributed by atoms with Crippen molar-refractivity contribution in [3.8, 4) is 0 Å². The molecule has 0 saturated carbocycles. The lowest BCUT2D eigenvalue weighted by molar-refractivity contribution is 0.387. The Kier molecular flexibility index (Phi) is 3.55. The maximum Gasteiger partial charge on any atom is 0.276 e. The second-order valence-electron chi connectivity index (χ2n) is 3.82. The van der Waals surface area contributed by atoms with Crippen LogP contribution in [-0.4, -0.2) is 19.8 Å². The molecule has 2 aromatic rings. The van der Waals surface area contributed by atoms with E-state index in [4.69, 9.17) is 14.6 Å². The number of hydrogen-bond acceptors (Lipinski definition) is 5. The zero-order valence-corrected chi connectivity index (χ0v) is 10.7. The molecule has 0 atom stereocenters. The highest BCUT2D eigenvalue weighted by atomic mass is 32.2. The molecule has 18 heavy (non-hydrogen) atoms. The summed E-state index contributed by atoms with van der Waals surface area (Å²) in [4.78, 5) is 0. The Balaban J connectivity index is 2.19. The normalized spacial score (nSPS) is 12.2. The van der Waals surface area contributed by atoms with E-state index in [2.05, 4.69) is 0 Å². The molecule has 0 radical (unpaired) electrons. The molecule has 0 aromatic carbocycles. The molecule has 0 unspecified atom stereocenters. The van der Waals surface area contributed by atoms with Gasteiger partial charge in [0, 0.05) is 19.2 Å². The number of rotatable bonds is 5. The number of furan rings is 2. The van der Waals surface area contributed by atoms with Crippen molar-refractivity contribution in [1.82, 2.24) is 4.31 Å². The minimum Gasteiger partial charge on any atom is -0.472 e. The Morgan fingerprint density at radius 2 is 2.11 bits per heavy atom. The Morgan fingerprint density at radius 3 is 2.67 bits per heavy atom. The molecule has 2 N–H and O–H groups in total. The number of nitrogens with two attached hydrogens (primary N) is 1. The van der Waals surface area contributed by atoms with Gasteiger partial charge in [-0.3, -0.25) is 0 Å². The molecule has 0 aliphatic heterocycles. The summed E-state index contributed by atoms with van der Waals surface area (Å²) >= 11 is 0. The molecular formula is C11H14N2O4S. The Labute approximate surface area is 105 Å². The number of hydrogen-bond donors (Lipinski definition) is 1. The molecule has 2 heterocycles. The van der Waals surface area contributed by atoms with Gasteiger partial charge in [-0.1, -0.05) is 0 Å². The van der Waals surface area contributed by atoms with Crippen LogP contribution in [0.4, 0.5) is 0 Å². The molecular weight excluding hydrogens is 256 g/mol. The monoisotopic (exact) mass is 270 g/mol. The van der Waals surface area contributed by atoms with E-state index in [9.17, 15) is 8.42 Å². The third-order valence-electron chi connectivity index (χ3n) is 2.49. The van der Waals surface area contributed by atoms with Gasteiger partial charge in [-0.25, -0.2) is 8.42 Å². The van der Waals surface area contributed by atoms with E-state index in [1.807, 2.05) is 0 Å². The van der Waals surface area contributed by atoms with Crippen molar-refractivity contribution in [1.29, 1.82) is 0 Å². The van der Waals surface area contributed by atoms with E-state index >= 15 is 0 Å². The lowest BCUT2D eigenvalue weighted by Crippen LogP contribution is -2.25. The molecule has 0 fully saturated rings.